The Morgan fingerprint density at radius 3 is 2.62 bits per heavy atom. The van der Waals surface area contributed by atoms with E-state index < -0.39 is 55.2 Å². The zero-order valence-electron chi connectivity index (χ0n) is 17.1. The lowest BCUT2D eigenvalue weighted by molar-refractivity contribution is -0.158. The number of hydrogen-bond donors (Lipinski definition) is 6. The summed E-state index contributed by atoms with van der Waals surface area (Å²) in [6.07, 6.45) is -1.90. The van der Waals surface area contributed by atoms with Gasteiger partial charge in [-0.05, 0) is 18.4 Å². The molecule has 0 aliphatic carbocycles. The number of carboxylic acid groups (broad SMARTS) is 1. The molecule has 3 amide bonds. The molecule has 2 saturated heterocycles. The molecule has 6 N–H and O–H groups in total. The maximum Gasteiger partial charge on any atom is 0.478 e. The first-order valence-electron chi connectivity index (χ1n) is 10.2. The molecule has 12 nitrogen and oxygen atoms in total. The van der Waals surface area contributed by atoms with Crippen LogP contribution in [0.5, 0.6) is 0 Å². The Hall–Kier alpha value is -3.00. The van der Waals surface area contributed by atoms with Gasteiger partial charge in [-0.3, -0.25) is 29.4 Å². The molecule has 3 rings (SSSR count). The molecule has 1 aromatic rings. The normalized spacial score (nSPS) is 23.3. The highest BCUT2D eigenvalue weighted by Gasteiger charge is 2.39. The number of carbonyl (C=O) groups excluding carboxylic acids is 3. The van der Waals surface area contributed by atoms with Gasteiger partial charge in [0.25, 0.3) is 0 Å². The Bertz CT molecular complexity index is 857. The number of amides is 3. The van der Waals surface area contributed by atoms with E-state index in [1.165, 1.54) is 0 Å². The average Bonchev–Trinajstić information content (AvgIpc) is 2.75. The molecular formula is C19H25BN4O8. The molecule has 13 heteroatoms. The Morgan fingerprint density at radius 2 is 1.97 bits per heavy atom. The van der Waals surface area contributed by atoms with E-state index in [1.54, 1.807) is 30.3 Å². The number of nitrogens with zero attached hydrogens (tertiary/aromatic N) is 1. The van der Waals surface area contributed by atoms with Gasteiger partial charge in [0.05, 0.1) is 18.5 Å². The molecule has 2 fully saturated rings. The van der Waals surface area contributed by atoms with Gasteiger partial charge in [-0.1, -0.05) is 30.3 Å². The second kappa shape index (κ2) is 10.5. The molecule has 2 aliphatic heterocycles. The number of carbonyl (C=O) groups is 4. The number of piperazine rings is 1. The summed E-state index contributed by atoms with van der Waals surface area (Å²) in [7, 11) is -1.40. The van der Waals surface area contributed by atoms with E-state index in [1.807, 2.05) is 0 Å². The highest BCUT2D eigenvalue weighted by Crippen LogP contribution is 2.21. The lowest BCUT2D eigenvalue weighted by Crippen LogP contribution is -2.61. The van der Waals surface area contributed by atoms with E-state index >= 15 is 0 Å². The number of carboxylic acids is 1. The van der Waals surface area contributed by atoms with Gasteiger partial charge >= 0.3 is 24.9 Å². The van der Waals surface area contributed by atoms with Crippen molar-refractivity contribution < 1.29 is 39.1 Å². The second-order valence-electron chi connectivity index (χ2n) is 7.58. The predicted molar refractivity (Wildman–Crippen MR) is 109 cm³/mol. The molecule has 0 radical (unpaired) electrons. The van der Waals surface area contributed by atoms with Gasteiger partial charge in [0.1, 0.15) is 6.04 Å². The molecule has 0 spiro atoms. The van der Waals surface area contributed by atoms with Gasteiger partial charge in [0, 0.05) is 13.1 Å². The van der Waals surface area contributed by atoms with Crippen LogP contribution in [0.2, 0.25) is 0 Å². The molecule has 1 unspecified atom stereocenters. The quantitative estimate of drug-likeness (QED) is 0.145. The lowest BCUT2D eigenvalue weighted by atomic mass is 9.72. The Kier molecular flexibility index (Phi) is 7.80. The molecular weight excluding hydrogens is 423 g/mol. The first-order chi connectivity index (χ1) is 15.3. The fourth-order valence-corrected chi connectivity index (χ4v) is 3.66. The van der Waals surface area contributed by atoms with Crippen LogP contribution >= 0.6 is 0 Å². The number of hydrogen-bond acceptors (Lipinski definition) is 8. The van der Waals surface area contributed by atoms with Crippen LogP contribution in [0.3, 0.4) is 0 Å². The molecule has 4 atom stereocenters. The largest absolute Gasteiger partial charge is 0.481 e. The van der Waals surface area contributed by atoms with E-state index in [0.717, 1.165) is 4.90 Å². The van der Waals surface area contributed by atoms with E-state index in [9.17, 15) is 29.3 Å². The number of nitrogens with one attached hydrogen (secondary N) is 3. The SMILES string of the molecule is O=C(O)C[C@@H]1CC[C@H](NC(=O)[C@H](NC(O)N2CCNC(=O)C2=O)c2ccccc2)B(O)O1. The van der Waals surface area contributed by atoms with Crippen LogP contribution < -0.4 is 16.0 Å². The summed E-state index contributed by atoms with van der Waals surface area (Å²) in [5.41, 5.74) is 0.480. The monoisotopic (exact) mass is 448 g/mol. The van der Waals surface area contributed by atoms with E-state index in [0.29, 0.717) is 18.4 Å². The van der Waals surface area contributed by atoms with Crippen LogP contribution in [-0.4, -0.2) is 82.4 Å². The fraction of sp³-hybridized carbons (Fsp3) is 0.474. The van der Waals surface area contributed by atoms with E-state index in [-0.39, 0.29) is 19.5 Å². The smallest absolute Gasteiger partial charge is 0.478 e. The van der Waals surface area contributed by atoms with Crippen molar-refractivity contribution in [3.8, 4) is 0 Å². The summed E-state index contributed by atoms with van der Waals surface area (Å²) in [5, 5.41) is 37.3. The molecule has 2 aliphatic rings. The molecule has 0 aromatic heterocycles. The number of aliphatic hydroxyl groups is 1. The second-order valence-corrected chi connectivity index (χ2v) is 7.58. The van der Waals surface area contributed by atoms with Crippen LogP contribution in [0, 0.1) is 0 Å². The van der Waals surface area contributed by atoms with Crippen LogP contribution in [0.25, 0.3) is 0 Å². The lowest BCUT2D eigenvalue weighted by Gasteiger charge is -2.35. The van der Waals surface area contributed by atoms with Crippen molar-refractivity contribution in [2.75, 3.05) is 13.1 Å². The maximum absolute atomic E-state index is 13.1. The maximum atomic E-state index is 13.1. The van der Waals surface area contributed by atoms with Crippen LogP contribution in [0.1, 0.15) is 30.9 Å². The van der Waals surface area contributed by atoms with E-state index in [4.69, 9.17) is 9.76 Å². The van der Waals surface area contributed by atoms with Gasteiger partial charge in [0.2, 0.25) is 5.91 Å². The van der Waals surface area contributed by atoms with Gasteiger partial charge < -0.3 is 30.5 Å². The van der Waals surface area contributed by atoms with Crippen molar-refractivity contribution >= 4 is 30.8 Å². The first kappa shape index (κ1) is 23.7. The van der Waals surface area contributed by atoms with Crippen molar-refractivity contribution in [2.45, 2.75) is 43.7 Å². The third-order valence-corrected chi connectivity index (χ3v) is 5.31. The number of benzene rings is 1. The minimum Gasteiger partial charge on any atom is -0.481 e. The van der Waals surface area contributed by atoms with Gasteiger partial charge in [-0.25, -0.2) is 0 Å². The van der Waals surface area contributed by atoms with Crippen molar-refractivity contribution in [2.24, 2.45) is 0 Å². The van der Waals surface area contributed by atoms with Gasteiger partial charge in [0.15, 0.2) is 6.35 Å². The highest BCUT2D eigenvalue weighted by molar-refractivity contribution is 6.45. The number of aliphatic carboxylic acids is 1. The highest BCUT2D eigenvalue weighted by atomic mass is 16.5. The third kappa shape index (κ3) is 5.82. The third-order valence-electron chi connectivity index (χ3n) is 5.31. The van der Waals surface area contributed by atoms with Crippen molar-refractivity contribution in [1.29, 1.82) is 0 Å². The molecule has 32 heavy (non-hydrogen) atoms. The van der Waals surface area contributed by atoms with Crippen molar-refractivity contribution in [3.63, 3.8) is 0 Å². The summed E-state index contributed by atoms with van der Waals surface area (Å²) >= 11 is 0. The van der Waals surface area contributed by atoms with Crippen LogP contribution in [0.4, 0.5) is 0 Å². The Balaban J connectivity index is 1.69. The summed E-state index contributed by atoms with van der Waals surface area (Å²) in [6, 6.07) is 7.30. The minimum absolute atomic E-state index is 0.0576. The summed E-state index contributed by atoms with van der Waals surface area (Å²) < 4.78 is 5.29. The fourth-order valence-electron chi connectivity index (χ4n) is 3.66. The zero-order chi connectivity index (χ0) is 23.3. The number of rotatable bonds is 8. The molecule has 1 aromatic carbocycles. The Morgan fingerprint density at radius 1 is 1.25 bits per heavy atom. The van der Waals surface area contributed by atoms with Gasteiger partial charge in [-0.15, -0.1) is 0 Å². The van der Waals surface area contributed by atoms with Crippen molar-refractivity contribution in [1.82, 2.24) is 20.9 Å². The van der Waals surface area contributed by atoms with E-state index in [2.05, 4.69) is 16.0 Å². The molecule has 0 saturated carbocycles. The predicted octanol–water partition coefficient (Wildman–Crippen LogP) is -2.29. The van der Waals surface area contributed by atoms with Gasteiger partial charge in [-0.2, -0.15) is 0 Å². The van der Waals surface area contributed by atoms with Crippen LogP contribution in [0.15, 0.2) is 30.3 Å². The summed E-state index contributed by atoms with van der Waals surface area (Å²) in [4.78, 5) is 48.4. The molecule has 2 heterocycles. The zero-order valence-corrected chi connectivity index (χ0v) is 17.1. The first-order valence-corrected chi connectivity index (χ1v) is 10.2. The van der Waals surface area contributed by atoms with Crippen molar-refractivity contribution in [3.05, 3.63) is 35.9 Å². The standard InChI is InChI=1S/C19H25BN4O8/c25-14(26)10-12-6-7-13(20(31)32-12)22-16(27)15(11-4-2-1-3-5-11)23-19(30)24-9-8-21-17(28)18(24)29/h1-5,12-13,15,19,23,30-31H,6-10H2,(H,21,28)(H,22,27)(H,25,26)/t12-,13-,15+,19?/m0/s1. The minimum atomic E-state index is -1.61. The van der Waals surface area contributed by atoms with Crippen LogP contribution in [-0.2, 0) is 23.8 Å². The molecule has 172 valence electrons. The summed E-state index contributed by atoms with van der Waals surface area (Å²) in [6.45, 7) is 0.219. The number of aliphatic hydroxyl groups excluding tert-OH is 1. The summed E-state index contributed by atoms with van der Waals surface area (Å²) in [5.74, 6) is -4.22. The Labute approximate surface area is 184 Å². The topological polar surface area (TPSA) is 178 Å². The average molecular weight is 448 g/mol. The molecule has 0 bridgehead atoms.